The first-order chi connectivity index (χ1) is 7.66. The first kappa shape index (κ1) is 11.2. The zero-order valence-electron chi connectivity index (χ0n) is 8.04. The molecule has 0 aliphatic heterocycles. The fourth-order valence-corrected chi connectivity index (χ4v) is 2.59. The third kappa shape index (κ3) is 2.42. The van der Waals surface area contributed by atoms with Crippen LogP contribution in [0.2, 0.25) is 0 Å². The maximum Gasteiger partial charge on any atom is 0.323 e. The Bertz CT molecular complexity index is 557. The Balaban J connectivity index is 1.99. The third-order valence-electron chi connectivity index (χ3n) is 1.94. The lowest BCUT2D eigenvalue weighted by Gasteiger charge is -2.01. The number of hydrogen-bond acceptors (Lipinski definition) is 3. The molecule has 0 aliphatic rings. The minimum absolute atomic E-state index is 0.234. The summed E-state index contributed by atoms with van der Waals surface area (Å²) in [6, 6.07) is 1.92. The molecule has 0 bridgehead atoms. The van der Waals surface area contributed by atoms with Crippen molar-refractivity contribution in [2.24, 2.45) is 0 Å². The van der Waals surface area contributed by atoms with Crippen molar-refractivity contribution in [2.75, 3.05) is 0 Å². The van der Waals surface area contributed by atoms with Gasteiger partial charge in [0.2, 0.25) is 0 Å². The number of amides is 1. The second-order valence-corrected chi connectivity index (χ2v) is 4.89. The molecule has 7 heteroatoms. The fourth-order valence-electron chi connectivity index (χ4n) is 1.16. The molecule has 0 aromatic carbocycles. The SMILES string of the molecule is O=C(NCc1sccc1Br)c1c[nH]c(=O)[nH]1. The number of rotatable bonds is 3. The molecule has 2 aromatic heterocycles. The van der Waals surface area contributed by atoms with Gasteiger partial charge < -0.3 is 15.3 Å². The molecule has 5 nitrogen and oxygen atoms in total. The monoisotopic (exact) mass is 301 g/mol. The summed E-state index contributed by atoms with van der Waals surface area (Å²) in [7, 11) is 0. The summed E-state index contributed by atoms with van der Waals surface area (Å²) < 4.78 is 0.973. The lowest BCUT2D eigenvalue weighted by molar-refractivity contribution is 0.0946. The molecule has 0 atom stereocenters. The van der Waals surface area contributed by atoms with Crippen molar-refractivity contribution in [2.45, 2.75) is 6.54 Å². The summed E-state index contributed by atoms with van der Waals surface area (Å²) in [4.78, 5) is 28.1. The predicted molar refractivity (Wildman–Crippen MR) is 64.6 cm³/mol. The van der Waals surface area contributed by atoms with Crippen molar-refractivity contribution in [1.82, 2.24) is 15.3 Å². The lowest BCUT2D eigenvalue weighted by atomic mass is 10.4. The summed E-state index contributed by atoms with van der Waals surface area (Å²) in [6.45, 7) is 0.435. The molecule has 0 saturated carbocycles. The van der Waals surface area contributed by atoms with Crippen LogP contribution < -0.4 is 11.0 Å². The molecule has 0 radical (unpaired) electrons. The van der Waals surface area contributed by atoms with Gasteiger partial charge in [-0.3, -0.25) is 4.79 Å². The zero-order valence-corrected chi connectivity index (χ0v) is 10.4. The quantitative estimate of drug-likeness (QED) is 0.802. The molecule has 16 heavy (non-hydrogen) atoms. The van der Waals surface area contributed by atoms with Crippen LogP contribution >= 0.6 is 27.3 Å². The summed E-state index contributed by atoms with van der Waals surface area (Å²) >= 11 is 4.92. The van der Waals surface area contributed by atoms with Crippen LogP contribution in [0.25, 0.3) is 0 Å². The van der Waals surface area contributed by atoms with Crippen LogP contribution in [0, 0.1) is 0 Å². The van der Waals surface area contributed by atoms with Gasteiger partial charge in [-0.2, -0.15) is 0 Å². The van der Waals surface area contributed by atoms with Crippen molar-refractivity contribution < 1.29 is 4.79 Å². The van der Waals surface area contributed by atoms with E-state index in [1.807, 2.05) is 11.4 Å². The number of aromatic nitrogens is 2. The summed E-state index contributed by atoms with van der Waals surface area (Å²) in [5.74, 6) is -0.307. The predicted octanol–water partition coefficient (Wildman–Crippen LogP) is 1.46. The summed E-state index contributed by atoms with van der Waals surface area (Å²) in [5.41, 5.74) is -0.153. The first-order valence-electron chi connectivity index (χ1n) is 4.44. The molecule has 0 aliphatic carbocycles. The Morgan fingerprint density at radius 2 is 2.38 bits per heavy atom. The van der Waals surface area contributed by atoms with E-state index in [9.17, 15) is 9.59 Å². The van der Waals surface area contributed by atoms with Gasteiger partial charge in [-0.15, -0.1) is 11.3 Å². The van der Waals surface area contributed by atoms with Crippen LogP contribution in [-0.4, -0.2) is 15.9 Å². The fraction of sp³-hybridized carbons (Fsp3) is 0.111. The Morgan fingerprint density at radius 1 is 1.56 bits per heavy atom. The number of halogens is 1. The largest absolute Gasteiger partial charge is 0.346 e. The molecular weight excluding hydrogens is 294 g/mol. The number of carbonyl (C=O) groups is 1. The van der Waals surface area contributed by atoms with Crippen molar-refractivity contribution in [1.29, 1.82) is 0 Å². The van der Waals surface area contributed by atoms with E-state index in [4.69, 9.17) is 0 Å². The molecule has 0 unspecified atom stereocenters. The van der Waals surface area contributed by atoms with Crippen LogP contribution in [-0.2, 0) is 6.54 Å². The molecule has 84 valence electrons. The van der Waals surface area contributed by atoms with E-state index in [0.29, 0.717) is 6.54 Å². The van der Waals surface area contributed by atoms with E-state index in [1.54, 1.807) is 11.3 Å². The molecule has 0 spiro atoms. The van der Waals surface area contributed by atoms with E-state index < -0.39 is 0 Å². The van der Waals surface area contributed by atoms with Gasteiger partial charge in [-0.1, -0.05) is 0 Å². The Morgan fingerprint density at radius 3 is 2.94 bits per heavy atom. The smallest absolute Gasteiger partial charge is 0.323 e. The van der Waals surface area contributed by atoms with Gasteiger partial charge in [-0.25, -0.2) is 4.79 Å². The van der Waals surface area contributed by atoms with Gasteiger partial charge in [-0.05, 0) is 27.4 Å². The van der Waals surface area contributed by atoms with Gasteiger partial charge in [0.25, 0.3) is 5.91 Å². The van der Waals surface area contributed by atoms with Gasteiger partial charge in [0.1, 0.15) is 5.69 Å². The van der Waals surface area contributed by atoms with Crippen LogP contribution in [0.15, 0.2) is 26.9 Å². The Labute approximate surface area is 103 Å². The molecule has 3 N–H and O–H groups in total. The van der Waals surface area contributed by atoms with Gasteiger partial charge >= 0.3 is 5.69 Å². The topological polar surface area (TPSA) is 77.8 Å². The first-order valence-corrected chi connectivity index (χ1v) is 6.12. The molecule has 1 amide bonds. The van der Waals surface area contributed by atoms with Crippen LogP contribution in [0.3, 0.4) is 0 Å². The third-order valence-corrected chi connectivity index (χ3v) is 3.87. The number of thiophene rings is 1. The molecule has 0 saturated heterocycles. The molecule has 0 fully saturated rings. The number of hydrogen-bond donors (Lipinski definition) is 3. The Hall–Kier alpha value is -1.34. The second kappa shape index (κ2) is 4.67. The second-order valence-electron chi connectivity index (χ2n) is 3.03. The molecular formula is C9H8BrN3O2S. The highest BCUT2D eigenvalue weighted by atomic mass is 79.9. The number of H-pyrrole nitrogens is 2. The Kier molecular flexibility index (Phi) is 3.25. The van der Waals surface area contributed by atoms with Crippen molar-refractivity contribution >= 4 is 33.2 Å². The summed E-state index contributed by atoms with van der Waals surface area (Å²) in [5, 5.41) is 4.64. The van der Waals surface area contributed by atoms with Gasteiger partial charge in [0.05, 0.1) is 6.54 Å². The van der Waals surface area contributed by atoms with Crippen molar-refractivity contribution in [3.8, 4) is 0 Å². The number of carbonyl (C=O) groups excluding carboxylic acids is 1. The van der Waals surface area contributed by atoms with E-state index in [1.165, 1.54) is 6.20 Å². The van der Waals surface area contributed by atoms with Crippen LogP contribution in [0.5, 0.6) is 0 Å². The van der Waals surface area contributed by atoms with Crippen molar-refractivity contribution in [3.05, 3.63) is 43.2 Å². The van der Waals surface area contributed by atoms with Gasteiger partial charge in [0.15, 0.2) is 0 Å². The number of imidazole rings is 1. The van der Waals surface area contributed by atoms with Gasteiger partial charge in [0, 0.05) is 15.5 Å². The van der Waals surface area contributed by atoms with Crippen molar-refractivity contribution in [3.63, 3.8) is 0 Å². The zero-order chi connectivity index (χ0) is 11.5. The lowest BCUT2D eigenvalue weighted by Crippen LogP contribution is -2.23. The highest BCUT2D eigenvalue weighted by molar-refractivity contribution is 9.10. The highest BCUT2D eigenvalue weighted by Crippen LogP contribution is 2.22. The maximum absolute atomic E-state index is 11.6. The molecule has 2 heterocycles. The standard InChI is InChI=1S/C9H8BrN3O2S/c10-5-1-2-16-7(5)4-11-8(14)6-3-12-9(15)13-6/h1-3H,4H2,(H,11,14)(H2,12,13,15). The van der Waals surface area contributed by atoms with E-state index in [0.717, 1.165) is 9.35 Å². The van der Waals surface area contributed by atoms with Crippen LogP contribution in [0.1, 0.15) is 15.4 Å². The highest BCUT2D eigenvalue weighted by Gasteiger charge is 2.08. The maximum atomic E-state index is 11.6. The molecule has 2 rings (SSSR count). The summed E-state index contributed by atoms with van der Waals surface area (Å²) in [6.07, 6.45) is 1.35. The number of aromatic amines is 2. The number of nitrogens with one attached hydrogen (secondary N) is 3. The molecule has 2 aromatic rings. The minimum Gasteiger partial charge on any atom is -0.346 e. The normalized spacial score (nSPS) is 10.3. The van der Waals surface area contributed by atoms with Crippen LogP contribution in [0.4, 0.5) is 0 Å². The average molecular weight is 302 g/mol. The van der Waals surface area contributed by atoms with E-state index >= 15 is 0 Å². The van der Waals surface area contributed by atoms with E-state index in [2.05, 4.69) is 31.2 Å². The average Bonchev–Trinajstić information content (AvgIpc) is 2.84. The minimum atomic E-state index is -0.387. The van der Waals surface area contributed by atoms with E-state index in [-0.39, 0.29) is 17.3 Å².